The number of ether oxygens (including phenoxy) is 1. The first-order valence-corrected chi connectivity index (χ1v) is 8.13. The lowest BCUT2D eigenvalue weighted by Crippen LogP contribution is -2.26. The Morgan fingerprint density at radius 1 is 1.20 bits per heavy atom. The number of benzene rings is 1. The van der Waals surface area contributed by atoms with Crippen molar-refractivity contribution < 1.29 is 9.84 Å². The molecule has 2 rings (SSSR count). The Morgan fingerprint density at radius 3 is 2.60 bits per heavy atom. The lowest BCUT2D eigenvalue weighted by atomic mass is 9.86. The third-order valence-corrected chi connectivity index (χ3v) is 4.41. The largest absolute Gasteiger partial charge is 0.393 e. The maximum atomic E-state index is 10.6. The van der Waals surface area contributed by atoms with Gasteiger partial charge in [-0.05, 0) is 36.3 Å². The van der Waals surface area contributed by atoms with Crippen molar-refractivity contribution in [2.75, 3.05) is 6.61 Å². The van der Waals surface area contributed by atoms with Crippen molar-refractivity contribution in [1.29, 1.82) is 0 Å². The number of aliphatic hydroxyl groups excluding tert-OH is 1. The molecule has 112 valence electrons. The van der Waals surface area contributed by atoms with Crippen molar-refractivity contribution in [3.05, 3.63) is 35.4 Å². The highest BCUT2D eigenvalue weighted by atomic mass is 16.5. The van der Waals surface area contributed by atoms with E-state index in [0.717, 1.165) is 45.1 Å². The molecule has 0 amide bonds. The first kappa shape index (κ1) is 15.5. The van der Waals surface area contributed by atoms with Crippen molar-refractivity contribution in [2.45, 2.75) is 64.6 Å². The zero-order valence-corrected chi connectivity index (χ0v) is 12.8. The van der Waals surface area contributed by atoms with E-state index in [1.54, 1.807) is 0 Å². The molecule has 0 radical (unpaired) electrons. The second-order valence-corrected chi connectivity index (χ2v) is 5.95. The summed E-state index contributed by atoms with van der Waals surface area (Å²) < 4.78 is 5.92. The van der Waals surface area contributed by atoms with E-state index in [1.807, 2.05) is 0 Å². The Bertz CT molecular complexity index is 396. The minimum absolute atomic E-state index is 0.0752. The first-order valence-electron chi connectivity index (χ1n) is 8.13. The van der Waals surface area contributed by atoms with Crippen LogP contribution in [0, 0.1) is 5.92 Å². The standard InChI is InChI=1S/C18H28O2/c1-3-7-15(8-4-2)17(19)13-18-16-10-6-5-9-14(16)11-12-20-18/h5-6,9-10,15,17-19H,3-4,7-8,11-13H2,1-2H3. The number of hydrogen-bond acceptors (Lipinski definition) is 2. The zero-order chi connectivity index (χ0) is 14.4. The highest BCUT2D eigenvalue weighted by molar-refractivity contribution is 5.30. The van der Waals surface area contributed by atoms with E-state index in [0.29, 0.717) is 5.92 Å². The van der Waals surface area contributed by atoms with Crippen LogP contribution in [0.2, 0.25) is 0 Å². The molecule has 1 aromatic carbocycles. The average molecular weight is 276 g/mol. The Balaban J connectivity index is 2.02. The van der Waals surface area contributed by atoms with E-state index in [1.165, 1.54) is 11.1 Å². The summed E-state index contributed by atoms with van der Waals surface area (Å²) in [6.45, 7) is 5.17. The van der Waals surface area contributed by atoms with E-state index >= 15 is 0 Å². The van der Waals surface area contributed by atoms with Crippen LogP contribution in [-0.2, 0) is 11.2 Å². The maximum absolute atomic E-state index is 10.6. The topological polar surface area (TPSA) is 29.5 Å². The van der Waals surface area contributed by atoms with Crippen LogP contribution in [0.3, 0.4) is 0 Å². The second kappa shape index (κ2) is 7.80. The van der Waals surface area contributed by atoms with Gasteiger partial charge in [-0.3, -0.25) is 0 Å². The molecular weight excluding hydrogens is 248 g/mol. The Hall–Kier alpha value is -0.860. The van der Waals surface area contributed by atoms with E-state index in [4.69, 9.17) is 4.74 Å². The van der Waals surface area contributed by atoms with Gasteiger partial charge in [-0.15, -0.1) is 0 Å². The average Bonchev–Trinajstić information content (AvgIpc) is 2.47. The fourth-order valence-electron chi connectivity index (χ4n) is 3.35. The van der Waals surface area contributed by atoms with Crippen LogP contribution >= 0.6 is 0 Å². The number of fused-ring (bicyclic) bond motifs is 1. The van der Waals surface area contributed by atoms with Crippen LogP contribution in [0.4, 0.5) is 0 Å². The number of rotatable bonds is 7. The molecule has 0 bridgehead atoms. The SMILES string of the molecule is CCCC(CCC)C(O)CC1OCCc2ccccc21. The summed E-state index contributed by atoms with van der Waals surface area (Å²) in [4.78, 5) is 0. The van der Waals surface area contributed by atoms with Crippen LogP contribution < -0.4 is 0 Å². The molecule has 0 saturated carbocycles. The van der Waals surface area contributed by atoms with Crippen LogP contribution in [-0.4, -0.2) is 17.8 Å². The molecule has 1 aliphatic rings. The molecule has 2 nitrogen and oxygen atoms in total. The van der Waals surface area contributed by atoms with Crippen LogP contribution in [0.15, 0.2) is 24.3 Å². The number of aliphatic hydroxyl groups is 1. The Morgan fingerprint density at radius 2 is 1.90 bits per heavy atom. The monoisotopic (exact) mass is 276 g/mol. The van der Waals surface area contributed by atoms with E-state index in [2.05, 4.69) is 38.1 Å². The lowest BCUT2D eigenvalue weighted by molar-refractivity contribution is -0.0143. The van der Waals surface area contributed by atoms with E-state index < -0.39 is 0 Å². The fraction of sp³-hybridized carbons (Fsp3) is 0.667. The van der Waals surface area contributed by atoms with Gasteiger partial charge in [-0.25, -0.2) is 0 Å². The maximum Gasteiger partial charge on any atom is 0.0852 e. The van der Waals surface area contributed by atoms with Gasteiger partial charge in [0.2, 0.25) is 0 Å². The van der Waals surface area contributed by atoms with Gasteiger partial charge in [0, 0.05) is 6.42 Å². The van der Waals surface area contributed by atoms with Crippen molar-refractivity contribution >= 4 is 0 Å². The molecule has 1 aliphatic heterocycles. The smallest absolute Gasteiger partial charge is 0.0852 e. The van der Waals surface area contributed by atoms with Gasteiger partial charge in [0.25, 0.3) is 0 Å². The summed E-state index contributed by atoms with van der Waals surface area (Å²) in [5.41, 5.74) is 2.67. The van der Waals surface area contributed by atoms with E-state index in [-0.39, 0.29) is 12.2 Å². The van der Waals surface area contributed by atoms with Gasteiger partial charge in [-0.1, -0.05) is 51.0 Å². The molecule has 0 aromatic heterocycles. The van der Waals surface area contributed by atoms with Gasteiger partial charge >= 0.3 is 0 Å². The van der Waals surface area contributed by atoms with Crippen molar-refractivity contribution in [3.8, 4) is 0 Å². The van der Waals surface area contributed by atoms with Crippen LogP contribution in [0.25, 0.3) is 0 Å². The third-order valence-electron chi connectivity index (χ3n) is 4.41. The van der Waals surface area contributed by atoms with Gasteiger partial charge in [0.1, 0.15) is 0 Å². The minimum atomic E-state index is -0.244. The summed E-state index contributed by atoms with van der Waals surface area (Å²) in [5.74, 6) is 0.419. The molecule has 20 heavy (non-hydrogen) atoms. The quantitative estimate of drug-likeness (QED) is 0.806. The van der Waals surface area contributed by atoms with Crippen LogP contribution in [0.1, 0.15) is 63.2 Å². The van der Waals surface area contributed by atoms with Gasteiger partial charge in [0.15, 0.2) is 0 Å². The molecule has 0 fully saturated rings. The number of hydrogen-bond donors (Lipinski definition) is 1. The van der Waals surface area contributed by atoms with Gasteiger partial charge < -0.3 is 9.84 Å². The summed E-state index contributed by atoms with van der Waals surface area (Å²) in [6.07, 6.45) is 6.08. The molecule has 2 atom stereocenters. The molecule has 1 aromatic rings. The summed E-state index contributed by atoms with van der Waals surface area (Å²) in [6, 6.07) is 8.50. The van der Waals surface area contributed by atoms with Crippen molar-refractivity contribution in [3.63, 3.8) is 0 Å². The molecule has 1 heterocycles. The molecule has 0 saturated heterocycles. The van der Waals surface area contributed by atoms with Crippen molar-refractivity contribution in [2.24, 2.45) is 5.92 Å². The summed E-state index contributed by atoms with van der Waals surface area (Å²) in [5, 5.41) is 10.6. The molecular formula is C18H28O2. The highest BCUT2D eigenvalue weighted by Crippen LogP contribution is 2.33. The Labute approximate surface area is 123 Å². The fourth-order valence-corrected chi connectivity index (χ4v) is 3.35. The zero-order valence-electron chi connectivity index (χ0n) is 12.8. The summed E-state index contributed by atoms with van der Waals surface area (Å²) >= 11 is 0. The first-order chi connectivity index (χ1) is 9.76. The second-order valence-electron chi connectivity index (χ2n) is 5.95. The predicted octanol–water partition coefficient (Wildman–Crippen LogP) is 4.27. The Kier molecular flexibility index (Phi) is 6.06. The normalized spacial score (nSPS) is 19.9. The third kappa shape index (κ3) is 3.83. The molecule has 0 aliphatic carbocycles. The molecule has 2 heteroatoms. The van der Waals surface area contributed by atoms with Crippen LogP contribution in [0.5, 0.6) is 0 Å². The predicted molar refractivity (Wildman–Crippen MR) is 82.8 cm³/mol. The minimum Gasteiger partial charge on any atom is -0.393 e. The van der Waals surface area contributed by atoms with Crippen molar-refractivity contribution in [1.82, 2.24) is 0 Å². The van der Waals surface area contributed by atoms with Gasteiger partial charge in [-0.2, -0.15) is 0 Å². The molecule has 1 N–H and O–H groups in total. The van der Waals surface area contributed by atoms with Gasteiger partial charge in [0.05, 0.1) is 18.8 Å². The highest BCUT2D eigenvalue weighted by Gasteiger charge is 2.26. The van der Waals surface area contributed by atoms with E-state index in [9.17, 15) is 5.11 Å². The lowest BCUT2D eigenvalue weighted by Gasteiger charge is -2.30. The molecule has 0 spiro atoms. The summed E-state index contributed by atoms with van der Waals surface area (Å²) in [7, 11) is 0. The molecule has 2 unspecified atom stereocenters.